The van der Waals surface area contributed by atoms with Crippen LogP contribution in [0.1, 0.15) is 40.5 Å². The molecule has 0 heterocycles. The van der Waals surface area contributed by atoms with Crippen molar-refractivity contribution < 1.29 is 19.8 Å². The second kappa shape index (κ2) is 3.67. The van der Waals surface area contributed by atoms with Crippen LogP contribution in [0.2, 0.25) is 0 Å². The van der Waals surface area contributed by atoms with Gasteiger partial charge in [-0.2, -0.15) is 0 Å². The molecule has 2 N–H and O–H groups in total. The lowest BCUT2D eigenvalue weighted by atomic mass is 9.74. The smallest absolute Gasteiger partial charge is 0.331 e. The maximum Gasteiger partial charge on any atom is 0.331 e. The van der Waals surface area contributed by atoms with Crippen molar-refractivity contribution in [1.82, 2.24) is 0 Å². The molecule has 4 nitrogen and oxygen atoms in total. The summed E-state index contributed by atoms with van der Waals surface area (Å²) < 4.78 is 0. The van der Waals surface area contributed by atoms with Crippen LogP contribution >= 0.6 is 0 Å². The van der Waals surface area contributed by atoms with Crippen LogP contribution in [-0.4, -0.2) is 27.6 Å². The molecule has 0 spiro atoms. The van der Waals surface area contributed by atoms with Crippen molar-refractivity contribution in [2.24, 2.45) is 10.8 Å². The first-order valence-corrected chi connectivity index (χ1v) is 5.62. The Morgan fingerprint density at radius 1 is 1.35 bits per heavy atom. The van der Waals surface area contributed by atoms with Gasteiger partial charge in [0.2, 0.25) is 0 Å². The van der Waals surface area contributed by atoms with Crippen LogP contribution in [0.25, 0.3) is 0 Å². The van der Waals surface area contributed by atoms with Gasteiger partial charge in [-0.15, -0.1) is 0 Å². The molecule has 1 aliphatic rings. The molecule has 1 unspecified atom stereocenters. The predicted octanol–water partition coefficient (Wildman–Crippen LogP) is 1.77. The lowest BCUT2D eigenvalue weighted by Gasteiger charge is -2.35. The fourth-order valence-electron chi connectivity index (χ4n) is 2.90. The Labute approximate surface area is 101 Å². The second-order valence-electron chi connectivity index (χ2n) is 6.22. The van der Waals surface area contributed by atoms with Gasteiger partial charge in [0.1, 0.15) is 5.60 Å². The largest absolute Gasteiger partial charge is 0.478 e. The molecule has 1 rings (SSSR count). The molecule has 0 radical (unpaired) electrons. The Bertz CT molecular complexity index is 392. The van der Waals surface area contributed by atoms with E-state index in [1.54, 1.807) is 27.7 Å². The average Bonchev–Trinajstić information content (AvgIpc) is 2.23. The standard InChI is InChI=1S/C13H20O4/c1-8(9(14)15)6-13(17)10(16)11(2,3)7-12(13,4)5/h17H,1,6-7H2,2-5H3,(H,14,15). The van der Waals surface area contributed by atoms with Crippen molar-refractivity contribution in [1.29, 1.82) is 0 Å². The summed E-state index contributed by atoms with van der Waals surface area (Å²) in [6, 6.07) is 0. The Morgan fingerprint density at radius 2 is 1.82 bits per heavy atom. The van der Waals surface area contributed by atoms with Gasteiger partial charge in [-0.05, 0) is 6.42 Å². The molecule has 0 aliphatic heterocycles. The van der Waals surface area contributed by atoms with Gasteiger partial charge < -0.3 is 10.2 Å². The summed E-state index contributed by atoms with van der Waals surface area (Å²) >= 11 is 0. The monoisotopic (exact) mass is 240 g/mol. The summed E-state index contributed by atoms with van der Waals surface area (Å²) in [7, 11) is 0. The van der Waals surface area contributed by atoms with Crippen LogP contribution in [0.3, 0.4) is 0 Å². The number of Topliss-reactive ketones (excluding diaryl/α,β-unsaturated/α-hetero) is 1. The summed E-state index contributed by atoms with van der Waals surface area (Å²) in [5.74, 6) is -1.47. The zero-order valence-corrected chi connectivity index (χ0v) is 10.8. The maximum absolute atomic E-state index is 12.2. The number of carbonyl (C=O) groups is 2. The molecule has 0 aromatic rings. The van der Waals surface area contributed by atoms with E-state index < -0.39 is 22.4 Å². The number of hydrogen-bond acceptors (Lipinski definition) is 3. The summed E-state index contributed by atoms with van der Waals surface area (Å²) in [4.78, 5) is 23.0. The molecule has 17 heavy (non-hydrogen) atoms. The number of carbonyl (C=O) groups excluding carboxylic acids is 1. The molecule has 0 aromatic carbocycles. The minimum absolute atomic E-state index is 0.133. The SMILES string of the molecule is C=C(CC1(O)C(=O)C(C)(C)CC1(C)C)C(=O)O. The first-order valence-electron chi connectivity index (χ1n) is 5.62. The minimum atomic E-state index is -1.63. The van der Waals surface area contributed by atoms with Crippen LogP contribution in [0, 0.1) is 10.8 Å². The average molecular weight is 240 g/mol. The second-order valence-corrected chi connectivity index (χ2v) is 6.22. The van der Waals surface area contributed by atoms with Crippen molar-refractivity contribution in [2.75, 3.05) is 0 Å². The van der Waals surface area contributed by atoms with Gasteiger partial charge in [-0.1, -0.05) is 34.3 Å². The summed E-state index contributed by atoms with van der Waals surface area (Å²) in [5.41, 5.74) is -3.04. The zero-order chi connectivity index (χ0) is 13.6. The molecule has 4 heteroatoms. The lowest BCUT2D eigenvalue weighted by Crippen LogP contribution is -2.47. The number of aliphatic hydroxyl groups is 1. The highest BCUT2D eigenvalue weighted by atomic mass is 16.4. The third kappa shape index (κ3) is 2.02. The molecule has 0 bridgehead atoms. The van der Waals surface area contributed by atoms with Crippen molar-refractivity contribution in [3.63, 3.8) is 0 Å². The number of aliphatic carboxylic acids is 1. The first kappa shape index (κ1) is 13.9. The van der Waals surface area contributed by atoms with E-state index in [1.165, 1.54) is 0 Å². The molecular weight excluding hydrogens is 220 g/mol. The van der Waals surface area contributed by atoms with Gasteiger partial charge in [0.25, 0.3) is 0 Å². The quantitative estimate of drug-likeness (QED) is 0.737. The highest BCUT2D eigenvalue weighted by Gasteiger charge is 2.62. The van der Waals surface area contributed by atoms with E-state index in [2.05, 4.69) is 6.58 Å². The van der Waals surface area contributed by atoms with E-state index >= 15 is 0 Å². The molecule has 1 aliphatic carbocycles. The van der Waals surface area contributed by atoms with E-state index in [1.807, 2.05) is 0 Å². The van der Waals surface area contributed by atoms with E-state index in [-0.39, 0.29) is 17.8 Å². The molecule has 0 amide bonds. The van der Waals surface area contributed by atoms with Crippen LogP contribution in [0.5, 0.6) is 0 Å². The van der Waals surface area contributed by atoms with Crippen molar-refractivity contribution in [3.05, 3.63) is 12.2 Å². The number of ketones is 1. The number of rotatable bonds is 3. The predicted molar refractivity (Wildman–Crippen MR) is 63.5 cm³/mol. The maximum atomic E-state index is 12.2. The molecule has 1 fully saturated rings. The topological polar surface area (TPSA) is 74.6 Å². The molecule has 96 valence electrons. The third-order valence-electron chi connectivity index (χ3n) is 3.77. The summed E-state index contributed by atoms with van der Waals surface area (Å²) in [6.45, 7) is 10.5. The number of hydrogen-bond donors (Lipinski definition) is 2. The van der Waals surface area contributed by atoms with Crippen LogP contribution in [0.15, 0.2) is 12.2 Å². The Morgan fingerprint density at radius 3 is 2.12 bits per heavy atom. The molecule has 1 atom stereocenters. The summed E-state index contributed by atoms with van der Waals surface area (Å²) in [5, 5.41) is 19.4. The van der Waals surface area contributed by atoms with Crippen LogP contribution in [0.4, 0.5) is 0 Å². The van der Waals surface area contributed by atoms with E-state index in [4.69, 9.17) is 5.11 Å². The van der Waals surface area contributed by atoms with Gasteiger partial charge in [-0.3, -0.25) is 4.79 Å². The fraction of sp³-hybridized carbons (Fsp3) is 0.692. The Kier molecular flexibility index (Phi) is 3.00. The Hall–Kier alpha value is -1.16. The van der Waals surface area contributed by atoms with Gasteiger partial charge in [0, 0.05) is 22.8 Å². The van der Waals surface area contributed by atoms with Crippen molar-refractivity contribution in [2.45, 2.75) is 46.1 Å². The first-order chi connectivity index (χ1) is 7.44. The highest BCUT2D eigenvalue weighted by molar-refractivity contribution is 5.97. The molecule has 0 aromatic heterocycles. The van der Waals surface area contributed by atoms with Gasteiger partial charge >= 0.3 is 5.97 Å². The van der Waals surface area contributed by atoms with Crippen LogP contribution < -0.4 is 0 Å². The van der Waals surface area contributed by atoms with E-state index in [0.29, 0.717) is 6.42 Å². The normalized spacial score (nSPS) is 30.3. The Balaban J connectivity index is 3.13. The van der Waals surface area contributed by atoms with Gasteiger partial charge in [0.05, 0.1) is 0 Å². The minimum Gasteiger partial charge on any atom is -0.478 e. The fourth-order valence-corrected chi connectivity index (χ4v) is 2.90. The van der Waals surface area contributed by atoms with Crippen LogP contribution in [-0.2, 0) is 9.59 Å². The highest BCUT2D eigenvalue weighted by Crippen LogP contribution is 2.54. The van der Waals surface area contributed by atoms with E-state index in [9.17, 15) is 14.7 Å². The zero-order valence-electron chi connectivity index (χ0n) is 10.8. The van der Waals surface area contributed by atoms with Crippen molar-refractivity contribution in [3.8, 4) is 0 Å². The summed E-state index contributed by atoms with van der Waals surface area (Å²) in [6.07, 6.45) is 0.319. The molecule has 1 saturated carbocycles. The van der Waals surface area contributed by atoms with Gasteiger partial charge in [0.15, 0.2) is 5.78 Å². The van der Waals surface area contributed by atoms with Gasteiger partial charge in [-0.25, -0.2) is 4.79 Å². The third-order valence-corrected chi connectivity index (χ3v) is 3.77. The molecule has 0 saturated heterocycles. The molecular formula is C13H20O4. The lowest BCUT2D eigenvalue weighted by molar-refractivity contribution is -0.146. The van der Waals surface area contributed by atoms with E-state index in [0.717, 1.165) is 0 Å². The van der Waals surface area contributed by atoms with Crippen molar-refractivity contribution >= 4 is 11.8 Å². The number of carboxylic acid groups (broad SMARTS) is 1. The number of carboxylic acids is 1.